The fraction of sp³-hybridized carbons (Fsp3) is 0.600. The zero-order valence-electron chi connectivity index (χ0n) is 12.3. The van der Waals surface area contributed by atoms with E-state index in [2.05, 4.69) is 4.89 Å². The van der Waals surface area contributed by atoms with Crippen LogP contribution in [0.5, 0.6) is 5.75 Å². The average molecular weight is 299 g/mol. The van der Waals surface area contributed by atoms with Crippen molar-refractivity contribution in [2.45, 2.75) is 19.3 Å². The minimum atomic E-state index is 0.188. The van der Waals surface area contributed by atoms with Crippen LogP contribution in [0.4, 0.5) is 5.69 Å². The van der Waals surface area contributed by atoms with Gasteiger partial charge >= 0.3 is 0 Å². The van der Waals surface area contributed by atoms with Crippen LogP contribution < -0.4 is 10.5 Å². The number of rotatable bonds is 13. The number of hydrogen-bond acceptors (Lipinski definition) is 6. The van der Waals surface area contributed by atoms with Gasteiger partial charge in [0, 0.05) is 18.4 Å². The summed E-state index contributed by atoms with van der Waals surface area (Å²) in [5, 5.41) is 8.07. The number of hydrogen-bond donors (Lipinski definition) is 2. The Morgan fingerprint density at radius 2 is 1.57 bits per heavy atom. The van der Waals surface area contributed by atoms with E-state index in [0.29, 0.717) is 32.1 Å². The van der Waals surface area contributed by atoms with Crippen LogP contribution in [-0.4, -0.2) is 44.9 Å². The first-order valence-corrected chi connectivity index (χ1v) is 7.23. The fourth-order valence-electron chi connectivity index (χ4n) is 1.70. The third kappa shape index (κ3) is 10.1. The van der Waals surface area contributed by atoms with Crippen molar-refractivity contribution in [1.82, 2.24) is 0 Å². The maximum Gasteiger partial charge on any atom is 0.121 e. The molecule has 6 heteroatoms. The van der Waals surface area contributed by atoms with E-state index in [1.807, 2.05) is 24.3 Å². The van der Waals surface area contributed by atoms with Gasteiger partial charge in [-0.1, -0.05) is 6.07 Å². The summed E-state index contributed by atoms with van der Waals surface area (Å²) in [5.74, 6) is 0.815. The summed E-state index contributed by atoms with van der Waals surface area (Å²) in [5.41, 5.74) is 6.39. The molecule has 0 saturated heterocycles. The van der Waals surface area contributed by atoms with Gasteiger partial charge in [0.2, 0.25) is 0 Å². The maximum absolute atomic E-state index is 8.07. The van der Waals surface area contributed by atoms with Crippen LogP contribution in [0.15, 0.2) is 24.3 Å². The van der Waals surface area contributed by atoms with Crippen LogP contribution in [0.1, 0.15) is 19.3 Å². The summed E-state index contributed by atoms with van der Waals surface area (Å²) in [6.45, 7) is 3.05. The van der Waals surface area contributed by atoms with Crippen LogP contribution >= 0.6 is 0 Å². The summed E-state index contributed by atoms with van der Waals surface area (Å²) < 4.78 is 16.1. The molecule has 120 valence electrons. The summed E-state index contributed by atoms with van der Waals surface area (Å²) in [6, 6.07) is 7.45. The quantitative estimate of drug-likeness (QED) is 0.252. The largest absolute Gasteiger partial charge is 0.494 e. The molecule has 0 amide bonds. The highest BCUT2D eigenvalue weighted by Crippen LogP contribution is 2.14. The van der Waals surface area contributed by atoms with E-state index >= 15 is 0 Å². The first-order chi connectivity index (χ1) is 10.3. The third-order valence-corrected chi connectivity index (χ3v) is 2.75. The molecule has 1 rings (SSSR count). The number of nitrogen functional groups attached to an aromatic ring is 1. The second-order valence-electron chi connectivity index (χ2n) is 4.54. The second kappa shape index (κ2) is 12.4. The molecule has 21 heavy (non-hydrogen) atoms. The van der Waals surface area contributed by atoms with Gasteiger partial charge in [-0.2, -0.15) is 0 Å². The van der Waals surface area contributed by atoms with E-state index in [1.54, 1.807) is 0 Å². The molecular formula is C15H25NO5. The molecule has 6 nitrogen and oxygen atoms in total. The number of anilines is 1. The van der Waals surface area contributed by atoms with E-state index < -0.39 is 0 Å². The first-order valence-electron chi connectivity index (χ1n) is 7.23. The minimum Gasteiger partial charge on any atom is -0.494 e. The molecule has 0 aliphatic carbocycles. The topological polar surface area (TPSA) is 83.2 Å². The van der Waals surface area contributed by atoms with Gasteiger partial charge in [-0.05, 0) is 31.4 Å². The Hall–Kier alpha value is -1.34. The molecule has 0 bridgehead atoms. The molecule has 0 aliphatic heterocycles. The zero-order valence-corrected chi connectivity index (χ0v) is 12.3. The summed E-state index contributed by atoms with van der Waals surface area (Å²) in [6.07, 6.45) is 3.05. The van der Waals surface area contributed by atoms with Gasteiger partial charge in [0.15, 0.2) is 0 Å². The van der Waals surface area contributed by atoms with Gasteiger partial charge in [0.1, 0.15) is 12.4 Å². The lowest BCUT2D eigenvalue weighted by molar-refractivity contribution is -0.249. The molecule has 0 radical (unpaired) electrons. The monoisotopic (exact) mass is 299 g/mol. The average Bonchev–Trinajstić information content (AvgIpc) is 2.48. The number of unbranched alkanes of at least 4 members (excludes halogenated alkanes) is 2. The van der Waals surface area contributed by atoms with E-state index in [1.165, 1.54) is 0 Å². The molecular weight excluding hydrogens is 274 g/mol. The molecule has 0 heterocycles. The van der Waals surface area contributed by atoms with Crippen molar-refractivity contribution in [1.29, 1.82) is 0 Å². The Balaban J connectivity index is 1.82. The summed E-state index contributed by atoms with van der Waals surface area (Å²) in [7, 11) is 0. The molecule has 0 saturated carbocycles. The fourth-order valence-corrected chi connectivity index (χ4v) is 1.70. The van der Waals surface area contributed by atoms with Gasteiger partial charge in [-0.3, -0.25) is 5.26 Å². The van der Waals surface area contributed by atoms with Crippen LogP contribution in [0.3, 0.4) is 0 Å². The summed E-state index contributed by atoms with van der Waals surface area (Å²) in [4.78, 5) is 3.88. The van der Waals surface area contributed by atoms with Crippen molar-refractivity contribution >= 4 is 5.69 Å². The number of nitrogens with two attached hydrogens (primary N) is 1. The molecule has 0 spiro atoms. The van der Waals surface area contributed by atoms with Gasteiger partial charge in [0.05, 0.1) is 26.4 Å². The van der Waals surface area contributed by atoms with Crippen molar-refractivity contribution in [2.24, 2.45) is 0 Å². The van der Waals surface area contributed by atoms with E-state index in [0.717, 1.165) is 31.6 Å². The SMILES string of the molecule is Nc1cccc(OCCCCCOCCOCCOO)c1. The van der Waals surface area contributed by atoms with Crippen molar-refractivity contribution in [3.05, 3.63) is 24.3 Å². The molecule has 0 atom stereocenters. The zero-order chi connectivity index (χ0) is 15.2. The van der Waals surface area contributed by atoms with Crippen molar-refractivity contribution in [3.63, 3.8) is 0 Å². The molecule has 1 aromatic rings. The predicted molar refractivity (Wildman–Crippen MR) is 80.4 cm³/mol. The van der Waals surface area contributed by atoms with E-state index in [9.17, 15) is 0 Å². The van der Waals surface area contributed by atoms with Crippen molar-refractivity contribution < 1.29 is 24.4 Å². The maximum atomic E-state index is 8.07. The lowest BCUT2D eigenvalue weighted by Crippen LogP contribution is -2.09. The van der Waals surface area contributed by atoms with Gasteiger partial charge < -0.3 is 19.9 Å². The third-order valence-electron chi connectivity index (χ3n) is 2.75. The predicted octanol–water partition coefficient (Wildman–Crippen LogP) is 2.34. The standard InChI is InChI=1S/C15H25NO5/c16-14-5-4-6-15(13-14)20-8-3-1-2-7-18-9-10-19-11-12-21-17/h4-6,13,17H,1-3,7-12,16H2. The van der Waals surface area contributed by atoms with Gasteiger partial charge in [-0.25, -0.2) is 4.89 Å². The normalized spacial score (nSPS) is 10.7. The molecule has 0 aliphatic rings. The van der Waals surface area contributed by atoms with Crippen molar-refractivity contribution in [3.8, 4) is 5.75 Å². The van der Waals surface area contributed by atoms with Crippen LogP contribution in [-0.2, 0) is 14.4 Å². The first kappa shape index (κ1) is 17.7. The Morgan fingerprint density at radius 3 is 2.33 bits per heavy atom. The van der Waals surface area contributed by atoms with Crippen LogP contribution in [0.2, 0.25) is 0 Å². The Bertz CT molecular complexity index is 362. The number of ether oxygens (including phenoxy) is 3. The molecule has 0 unspecified atom stereocenters. The van der Waals surface area contributed by atoms with Gasteiger partial charge in [-0.15, -0.1) is 0 Å². The van der Waals surface area contributed by atoms with E-state index in [4.69, 9.17) is 25.2 Å². The molecule has 0 fully saturated rings. The van der Waals surface area contributed by atoms with Gasteiger partial charge in [0.25, 0.3) is 0 Å². The van der Waals surface area contributed by atoms with Crippen LogP contribution in [0, 0.1) is 0 Å². The summed E-state index contributed by atoms with van der Waals surface area (Å²) >= 11 is 0. The molecule has 1 aromatic carbocycles. The molecule has 0 aromatic heterocycles. The Kier molecular flexibility index (Phi) is 10.5. The minimum absolute atomic E-state index is 0.188. The lowest BCUT2D eigenvalue weighted by atomic mass is 10.2. The second-order valence-corrected chi connectivity index (χ2v) is 4.54. The highest BCUT2D eigenvalue weighted by atomic mass is 17.1. The highest BCUT2D eigenvalue weighted by Gasteiger charge is 1.95. The highest BCUT2D eigenvalue weighted by molar-refractivity contribution is 5.43. The van der Waals surface area contributed by atoms with Crippen LogP contribution in [0.25, 0.3) is 0 Å². The van der Waals surface area contributed by atoms with Crippen molar-refractivity contribution in [2.75, 3.05) is 45.4 Å². The Labute approximate surface area is 125 Å². The van der Waals surface area contributed by atoms with E-state index in [-0.39, 0.29) is 6.61 Å². The molecule has 3 N–H and O–H groups in total. The smallest absolute Gasteiger partial charge is 0.121 e. The lowest BCUT2D eigenvalue weighted by Gasteiger charge is -2.07. The number of benzene rings is 1. The Morgan fingerprint density at radius 1 is 0.857 bits per heavy atom.